The SMILES string of the molecule is CN=C(NCCc1c[nH]c2ccccc12)NCC(=O)NCCOC. The Hall–Kier alpha value is -2.54. The van der Waals surface area contributed by atoms with Crippen molar-refractivity contribution in [2.24, 2.45) is 4.99 Å². The fourth-order valence-corrected chi connectivity index (χ4v) is 2.39. The van der Waals surface area contributed by atoms with Gasteiger partial charge in [-0.3, -0.25) is 9.79 Å². The number of rotatable bonds is 8. The molecule has 0 unspecified atom stereocenters. The zero-order chi connectivity index (χ0) is 17.2. The molecule has 0 fully saturated rings. The molecule has 0 spiro atoms. The van der Waals surface area contributed by atoms with E-state index in [0.717, 1.165) is 18.5 Å². The maximum Gasteiger partial charge on any atom is 0.239 e. The highest BCUT2D eigenvalue weighted by Crippen LogP contribution is 2.17. The number of methoxy groups -OCH3 is 1. The summed E-state index contributed by atoms with van der Waals surface area (Å²) >= 11 is 0. The summed E-state index contributed by atoms with van der Waals surface area (Å²) in [6, 6.07) is 8.23. The lowest BCUT2D eigenvalue weighted by Crippen LogP contribution is -2.44. The van der Waals surface area contributed by atoms with Crippen LogP contribution in [-0.2, 0) is 16.0 Å². The van der Waals surface area contributed by atoms with Gasteiger partial charge >= 0.3 is 0 Å². The van der Waals surface area contributed by atoms with Gasteiger partial charge in [0, 0.05) is 44.3 Å². The summed E-state index contributed by atoms with van der Waals surface area (Å²) in [5, 5.41) is 10.2. The second-order valence-corrected chi connectivity index (χ2v) is 5.30. The number of para-hydroxylation sites is 1. The summed E-state index contributed by atoms with van der Waals surface area (Å²) in [6.07, 6.45) is 2.90. The lowest BCUT2D eigenvalue weighted by Gasteiger charge is -2.11. The van der Waals surface area contributed by atoms with Crippen molar-refractivity contribution in [3.8, 4) is 0 Å². The van der Waals surface area contributed by atoms with E-state index in [-0.39, 0.29) is 12.5 Å². The van der Waals surface area contributed by atoms with Gasteiger partial charge in [-0.05, 0) is 18.1 Å². The maximum absolute atomic E-state index is 11.6. The van der Waals surface area contributed by atoms with Crippen molar-refractivity contribution >= 4 is 22.8 Å². The van der Waals surface area contributed by atoms with Crippen LogP contribution in [0.1, 0.15) is 5.56 Å². The van der Waals surface area contributed by atoms with Crippen molar-refractivity contribution in [2.45, 2.75) is 6.42 Å². The lowest BCUT2D eigenvalue weighted by atomic mass is 10.1. The number of benzene rings is 1. The van der Waals surface area contributed by atoms with Gasteiger partial charge in [0.25, 0.3) is 0 Å². The minimum Gasteiger partial charge on any atom is -0.383 e. The van der Waals surface area contributed by atoms with Crippen LogP contribution < -0.4 is 16.0 Å². The molecule has 1 amide bonds. The number of nitrogens with zero attached hydrogens (tertiary/aromatic N) is 1. The Morgan fingerprint density at radius 3 is 2.83 bits per heavy atom. The topological polar surface area (TPSA) is 90.5 Å². The number of aliphatic imine (C=N–C) groups is 1. The third-order valence-electron chi connectivity index (χ3n) is 3.63. The van der Waals surface area contributed by atoms with Crippen molar-refractivity contribution < 1.29 is 9.53 Å². The number of nitrogens with one attached hydrogen (secondary N) is 4. The fourth-order valence-electron chi connectivity index (χ4n) is 2.39. The Morgan fingerprint density at radius 1 is 1.21 bits per heavy atom. The minimum atomic E-state index is -0.0911. The smallest absolute Gasteiger partial charge is 0.239 e. The monoisotopic (exact) mass is 331 g/mol. The first-order chi connectivity index (χ1) is 11.7. The van der Waals surface area contributed by atoms with E-state index in [9.17, 15) is 4.79 Å². The Labute approximate surface area is 141 Å². The number of aromatic amines is 1. The molecule has 0 aliphatic carbocycles. The third kappa shape index (κ3) is 5.27. The molecule has 0 aliphatic rings. The molecule has 2 rings (SSSR count). The molecule has 1 aromatic carbocycles. The number of fused-ring (bicyclic) bond motifs is 1. The number of hydrogen-bond donors (Lipinski definition) is 4. The first kappa shape index (κ1) is 17.8. The van der Waals surface area contributed by atoms with Gasteiger partial charge in [-0.1, -0.05) is 18.2 Å². The van der Waals surface area contributed by atoms with Crippen LogP contribution in [0.15, 0.2) is 35.5 Å². The number of amides is 1. The van der Waals surface area contributed by atoms with Crippen molar-refractivity contribution in [3.05, 3.63) is 36.0 Å². The molecule has 7 heteroatoms. The Kier molecular flexibility index (Phi) is 7.10. The number of hydrogen-bond acceptors (Lipinski definition) is 3. The summed E-state index contributed by atoms with van der Waals surface area (Å²) in [5.74, 6) is 0.517. The fraction of sp³-hybridized carbons (Fsp3) is 0.412. The molecule has 1 aromatic heterocycles. The van der Waals surface area contributed by atoms with E-state index in [1.807, 2.05) is 18.3 Å². The van der Waals surface area contributed by atoms with Crippen molar-refractivity contribution in [3.63, 3.8) is 0 Å². The van der Waals surface area contributed by atoms with Crippen molar-refractivity contribution in [1.82, 2.24) is 20.9 Å². The zero-order valence-corrected chi connectivity index (χ0v) is 14.2. The van der Waals surface area contributed by atoms with E-state index in [2.05, 4.69) is 38.1 Å². The normalized spacial score (nSPS) is 11.5. The summed E-state index contributed by atoms with van der Waals surface area (Å²) in [4.78, 5) is 19.0. The molecule has 7 nitrogen and oxygen atoms in total. The second-order valence-electron chi connectivity index (χ2n) is 5.30. The number of aromatic nitrogens is 1. The molecule has 0 radical (unpaired) electrons. The van der Waals surface area contributed by atoms with Crippen LogP contribution in [0.4, 0.5) is 0 Å². The molecule has 0 bridgehead atoms. The second kappa shape index (κ2) is 9.57. The Bertz CT molecular complexity index is 680. The molecule has 130 valence electrons. The molecule has 1 heterocycles. The third-order valence-corrected chi connectivity index (χ3v) is 3.63. The Balaban J connectivity index is 1.73. The van der Waals surface area contributed by atoms with Gasteiger partial charge in [0.2, 0.25) is 5.91 Å². The van der Waals surface area contributed by atoms with E-state index in [4.69, 9.17) is 4.74 Å². The lowest BCUT2D eigenvalue weighted by molar-refractivity contribution is -0.120. The highest BCUT2D eigenvalue weighted by molar-refractivity contribution is 5.86. The predicted molar refractivity (Wildman–Crippen MR) is 96.3 cm³/mol. The molecule has 0 atom stereocenters. The molecule has 24 heavy (non-hydrogen) atoms. The summed E-state index contributed by atoms with van der Waals surface area (Å²) < 4.78 is 4.88. The summed E-state index contributed by atoms with van der Waals surface area (Å²) in [5.41, 5.74) is 2.40. The van der Waals surface area contributed by atoms with Crippen molar-refractivity contribution in [1.29, 1.82) is 0 Å². The first-order valence-corrected chi connectivity index (χ1v) is 7.99. The summed E-state index contributed by atoms with van der Waals surface area (Å²) in [6.45, 7) is 1.91. The number of H-pyrrole nitrogens is 1. The van der Waals surface area contributed by atoms with Crippen LogP contribution in [0.5, 0.6) is 0 Å². The molecule has 4 N–H and O–H groups in total. The van der Waals surface area contributed by atoms with Crippen LogP contribution in [0.25, 0.3) is 10.9 Å². The van der Waals surface area contributed by atoms with Gasteiger partial charge in [-0.25, -0.2) is 0 Å². The highest BCUT2D eigenvalue weighted by Gasteiger charge is 2.05. The molecule has 2 aromatic rings. The van der Waals surface area contributed by atoms with Crippen LogP contribution >= 0.6 is 0 Å². The highest BCUT2D eigenvalue weighted by atomic mass is 16.5. The van der Waals surface area contributed by atoms with Gasteiger partial charge in [-0.2, -0.15) is 0 Å². The van der Waals surface area contributed by atoms with E-state index < -0.39 is 0 Å². The van der Waals surface area contributed by atoms with E-state index >= 15 is 0 Å². The van der Waals surface area contributed by atoms with E-state index in [0.29, 0.717) is 19.1 Å². The van der Waals surface area contributed by atoms with Crippen LogP contribution in [0.3, 0.4) is 0 Å². The van der Waals surface area contributed by atoms with Crippen molar-refractivity contribution in [2.75, 3.05) is 40.4 Å². The number of carbonyl (C=O) groups is 1. The van der Waals surface area contributed by atoms with Crippen LogP contribution in [0, 0.1) is 0 Å². The molecular formula is C17H25N5O2. The number of ether oxygens (including phenoxy) is 1. The largest absolute Gasteiger partial charge is 0.383 e. The Morgan fingerprint density at radius 2 is 2.04 bits per heavy atom. The quantitative estimate of drug-likeness (QED) is 0.325. The minimum absolute atomic E-state index is 0.0911. The molecular weight excluding hydrogens is 306 g/mol. The van der Waals surface area contributed by atoms with Gasteiger partial charge in [0.05, 0.1) is 13.2 Å². The van der Waals surface area contributed by atoms with Crippen LogP contribution in [0.2, 0.25) is 0 Å². The van der Waals surface area contributed by atoms with E-state index in [1.54, 1.807) is 14.2 Å². The summed E-state index contributed by atoms with van der Waals surface area (Å²) in [7, 11) is 3.29. The number of carbonyl (C=O) groups excluding carboxylic acids is 1. The average Bonchev–Trinajstić information content (AvgIpc) is 3.01. The van der Waals surface area contributed by atoms with E-state index in [1.165, 1.54) is 10.9 Å². The molecule has 0 saturated heterocycles. The van der Waals surface area contributed by atoms with Gasteiger partial charge in [0.15, 0.2) is 5.96 Å². The van der Waals surface area contributed by atoms with Gasteiger partial charge in [0.1, 0.15) is 0 Å². The van der Waals surface area contributed by atoms with Gasteiger partial charge < -0.3 is 25.7 Å². The molecule has 0 saturated carbocycles. The molecule has 0 aliphatic heterocycles. The zero-order valence-electron chi connectivity index (χ0n) is 14.2. The first-order valence-electron chi connectivity index (χ1n) is 7.99. The number of guanidine groups is 1. The predicted octanol–water partition coefficient (Wildman–Crippen LogP) is 0.638. The maximum atomic E-state index is 11.6. The average molecular weight is 331 g/mol. The van der Waals surface area contributed by atoms with Gasteiger partial charge in [-0.15, -0.1) is 0 Å². The van der Waals surface area contributed by atoms with Crippen LogP contribution in [-0.4, -0.2) is 57.2 Å². The standard InChI is InChI=1S/C17H25N5O2/c1-18-17(22-12-16(23)19-9-10-24-2)20-8-7-13-11-21-15-6-4-3-5-14(13)15/h3-6,11,21H,7-10,12H2,1-2H3,(H,19,23)(H2,18,20,22).